The molecule has 1 aliphatic heterocycles. The van der Waals surface area contributed by atoms with E-state index in [4.69, 9.17) is 9.47 Å². The molecule has 1 unspecified atom stereocenters. The van der Waals surface area contributed by atoms with E-state index in [1.807, 2.05) is 0 Å². The Hall–Kier alpha value is -0.110. The van der Waals surface area contributed by atoms with Crippen molar-refractivity contribution in [1.82, 2.24) is 15.5 Å². The molecular weight excluding hydrogens is 317 g/mol. The van der Waals surface area contributed by atoms with Gasteiger partial charge in [-0.15, -0.1) is 24.8 Å². The molecule has 0 aromatic rings. The van der Waals surface area contributed by atoms with Gasteiger partial charge in [-0.1, -0.05) is 0 Å². The number of methoxy groups -OCH3 is 2. The summed E-state index contributed by atoms with van der Waals surface area (Å²) in [7, 11) is 3.37. The number of amides is 1. The van der Waals surface area contributed by atoms with Crippen LogP contribution in [-0.2, 0) is 14.3 Å². The average molecular weight is 346 g/mol. The maximum atomic E-state index is 11.6. The summed E-state index contributed by atoms with van der Waals surface area (Å²) in [6.45, 7) is 5.22. The molecule has 0 radical (unpaired) electrons. The molecule has 21 heavy (non-hydrogen) atoms. The second-order valence-electron chi connectivity index (χ2n) is 4.80. The van der Waals surface area contributed by atoms with E-state index in [0.717, 1.165) is 32.7 Å². The minimum atomic E-state index is 0. The molecule has 1 fully saturated rings. The smallest absolute Gasteiger partial charge is 0.234 e. The monoisotopic (exact) mass is 345 g/mol. The Morgan fingerprint density at radius 2 is 1.95 bits per heavy atom. The van der Waals surface area contributed by atoms with E-state index < -0.39 is 0 Å². The Kier molecular flexibility index (Phi) is 16.3. The zero-order chi connectivity index (χ0) is 13.9. The Morgan fingerprint density at radius 3 is 2.62 bits per heavy atom. The number of hydrogen-bond acceptors (Lipinski definition) is 5. The predicted octanol–water partition coefficient (Wildman–Crippen LogP) is 0.293. The first-order chi connectivity index (χ1) is 9.27. The van der Waals surface area contributed by atoms with Gasteiger partial charge in [0.15, 0.2) is 0 Å². The lowest BCUT2D eigenvalue weighted by atomic mass is 10.2. The van der Waals surface area contributed by atoms with Crippen molar-refractivity contribution in [2.45, 2.75) is 18.9 Å². The molecule has 1 amide bonds. The van der Waals surface area contributed by atoms with Gasteiger partial charge in [0.1, 0.15) is 0 Å². The van der Waals surface area contributed by atoms with Gasteiger partial charge in [0.2, 0.25) is 5.91 Å². The van der Waals surface area contributed by atoms with Gasteiger partial charge in [0.05, 0.1) is 19.8 Å². The third-order valence-electron chi connectivity index (χ3n) is 3.39. The molecule has 0 aromatic heterocycles. The van der Waals surface area contributed by atoms with Gasteiger partial charge in [0, 0.05) is 39.9 Å². The van der Waals surface area contributed by atoms with Crippen LogP contribution in [0, 0.1) is 0 Å². The van der Waals surface area contributed by atoms with Crippen molar-refractivity contribution in [2.75, 3.05) is 60.2 Å². The van der Waals surface area contributed by atoms with Crippen LogP contribution in [0.2, 0.25) is 0 Å². The van der Waals surface area contributed by atoms with Crippen LogP contribution in [0.4, 0.5) is 0 Å². The molecule has 8 heteroatoms. The van der Waals surface area contributed by atoms with Crippen molar-refractivity contribution < 1.29 is 14.3 Å². The van der Waals surface area contributed by atoms with Gasteiger partial charge < -0.3 is 20.1 Å². The molecule has 0 bridgehead atoms. The molecule has 128 valence electrons. The Balaban J connectivity index is 0. The quantitative estimate of drug-likeness (QED) is 0.557. The van der Waals surface area contributed by atoms with E-state index in [-0.39, 0.29) is 30.7 Å². The zero-order valence-corrected chi connectivity index (χ0v) is 14.6. The first-order valence-corrected chi connectivity index (χ1v) is 6.97. The fourth-order valence-corrected chi connectivity index (χ4v) is 2.30. The average Bonchev–Trinajstić information content (AvgIpc) is 2.86. The maximum Gasteiger partial charge on any atom is 0.234 e. The second-order valence-corrected chi connectivity index (χ2v) is 4.80. The molecule has 1 saturated heterocycles. The van der Waals surface area contributed by atoms with Crippen molar-refractivity contribution in [1.29, 1.82) is 0 Å². The standard InChI is InChI=1S/C13H27N3O3.2ClH/c1-18-8-5-14-11-13(17)15-10-12-4-3-6-16(12)7-9-19-2;;/h12,14H,3-11H2,1-2H3,(H,15,17);2*1H. The largest absolute Gasteiger partial charge is 0.383 e. The third-order valence-corrected chi connectivity index (χ3v) is 3.39. The molecular formula is C13H29Cl2N3O3. The van der Waals surface area contributed by atoms with Crippen LogP contribution >= 0.6 is 24.8 Å². The van der Waals surface area contributed by atoms with Crippen LogP contribution < -0.4 is 10.6 Å². The predicted molar refractivity (Wildman–Crippen MR) is 88.7 cm³/mol. The first kappa shape index (κ1) is 23.2. The number of halogens is 2. The molecule has 1 atom stereocenters. The summed E-state index contributed by atoms with van der Waals surface area (Å²) in [5.74, 6) is 0.0506. The van der Waals surface area contributed by atoms with E-state index in [9.17, 15) is 4.79 Å². The molecule has 0 aliphatic carbocycles. The molecule has 0 aromatic carbocycles. The lowest BCUT2D eigenvalue weighted by molar-refractivity contribution is -0.120. The van der Waals surface area contributed by atoms with Crippen molar-refractivity contribution in [3.8, 4) is 0 Å². The van der Waals surface area contributed by atoms with Gasteiger partial charge in [0.25, 0.3) is 0 Å². The van der Waals surface area contributed by atoms with Crippen LogP contribution in [0.15, 0.2) is 0 Å². The number of nitrogens with zero attached hydrogens (tertiary/aromatic N) is 1. The Labute approximate surface area is 140 Å². The summed E-state index contributed by atoms with van der Waals surface area (Å²) in [6.07, 6.45) is 2.36. The summed E-state index contributed by atoms with van der Waals surface area (Å²) in [5, 5.41) is 6.02. The summed E-state index contributed by atoms with van der Waals surface area (Å²) in [6, 6.07) is 0.457. The minimum Gasteiger partial charge on any atom is -0.383 e. The fourth-order valence-electron chi connectivity index (χ4n) is 2.30. The molecule has 1 rings (SSSR count). The number of hydrogen-bond donors (Lipinski definition) is 2. The van der Waals surface area contributed by atoms with Crippen molar-refractivity contribution in [2.24, 2.45) is 0 Å². The van der Waals surface area contributed by atoms with Crippen molar-refractivity contribution in [3.05, 3.63) is 0 Å². The first-order valence-electron chi connectivity index (χ1n) is 6.97. The number of carbonyl (C=O) groups is 1. The van der Waals surface area contributed by atoms with Crippen molar-refractivity contribution in [3.63, 3.8) is 0 Å². The Morgan fingerprint density at radius 1 is 1.24 bits per heavy atom. The van der Waals surface area contributed by atoms with E-state index in [2.05, 4.69) is 15.5 Å². The van der Waals surface area contributed by atoms with E-state index in [1.54, 1.807) is 14.2 Å². The number of rotatable bonds is 10. The molecule has 2 N–H and O–H groups in total. The second kappa shape index (κ2) is 14.8. The highest BCUT2D eigenvalue weighted by Crippen LogP contribution is 2.15. The minimum absolute atomic E-state index is 0. The van der Waals surface area contributed by atoms with Gasteiger partial charge in [-0.2, -0.15) is 0 Å². The lowest BCUT2D eigenvalue weighted by Crippen LogP contribution is -2.44. The highest BCUT2D eigenvalue weighted by molar-refractivity contribution is 5.85. The zero-order valence-electron chi connectivity index (χ0n) is 12.9. The summed E-state index contributed by atoms with van der Waals surface area (Å²) in [5.41, 5.74) is 0. The van der Waals surface area contributed by atoms with Crippen LogP contribution in [0.5, 0.6) is 0 Å². The van der Waals surface area contributed by atoms with E-state index in [0.29, 0.717) is 25.7 Å². The highest BCUT2D eigenvalue weighted by atomic mass is 35.5. The Bertz CT molecular complexity index is 261. The maximum absolute atomic E-state index is 11.6. The van der Waals surface area contributed by atoms with Gasteiger partial charge in [-0.05, 0) is 19.4 Å². The lowest BCUT2D eigenvalue weighted by Gasteiger charge is -2.24. The topological polar surface area (TPSA) is 62.8 Å². The summed E-state index contributed by atoms with van der Waals surface area (Å²) < 4.78 is 10.0. The molecule has 1 heterocycles. The van der Waals surface area contributed by atoms with Crippen LogP contribution in [0.1, 0.15) is 12.8 Å². The molecule has 0 saturated carbocycles. The SMILES string of the molecule is COCCNCC(=O)NCC1CCCN1CCOC.Cl.Cl. The summed E-state index contributed by atoms with van der Waals surface area (Å²) >= 11 is 0. The summed E-state index contributed by atoms with van der Waals surface area (Å²) in [4.78, 5) is 14.0. The van der Waals surface area contributed by atoms with Crippen LogP contribution in [0.3, 0.4) is 0 Å². The molecule has 1 aliphatic rings. The normalized spacial score (nSPS) is 17.9. The number of ether oxygens (including phenoxy) is 2. The van der Waals surface area contributed by atoms with Crippen molar-refractivity contribution >= 4 is 30.7 Å². The van der Waals surface area contributed by atoms with Crippen LogP contribution in [0.25, 0.3) is 0 Å². The molecule has 6 nitrogen and oxygen atoms in total. The highest BCUT2D eigenvalue weighted by Gasteiger charge is 2.24. The van der Waals surface area contributed by atoms with E-state index >= 15 is 0 Å². The fraction of sp³-hybridized carbons (Fsp3) is 0.923. The van der Waals surface area contributed by atoms with E-state index in [1.165, 1.54) is 6.42 Å². The third kappa shape index (κ3) is 10.3. The number of nitrogens with one attached hydrogen (secondary N) is 2. The van der Waals surface area contributed by atoms with Crippen LogP contribution in [-0.4, -0.2) is 77.0 Å². The molecule has 0 spiro atoms. The number of likely N-dealkylation sites (tertiary alicyclic amines) is 1. The van der Waals surface area contributed by atoms with Gasteiger partial charge >= 0.3 is 0 Å². The van der Waals surface area contributed by atoms with Gasteiger partial charge in [-0.3, -0.25) is 9.69 Å². The van der Waals surface area contributed by atoms with Gasteiger partial charge in [-0.25, -0.2) is 0 Å². The number of carbonyl (C=O) groups excluding carboxylic acids is 1.